The van der Waals surface area contributed by atoms with Gasteiger partial charge in [-0.1, -0.05) is 30.3 Å². The molecule has 0 N–H and O–H groups in total. The number of ketones is 1. The first-order valence-electron chi connectivity index (χ1n) is 6.73. The number of Topliss-reactive ketones (excluding diaryl/α,β-unsaturated/α-hetero) is 1. The molecular formula is C18H12F2O2. The third-order valence-electron chi connectivity index (χ3n) is 3.33. The minimum atomic E-state index is -1.04. The van der Waals surface area contributed by atoms with Gasteiger partial charge in [-0.2, -0.15) is 0 Å². The summed E-state index contributed by atoms with van der Waals surface area (Å²) in [5, 5.41) is 2.07. The fraction of sp³-hybridized carbons (Fsp3) is 0.0556. The molecule has 0 aliphatic rings. The average molecular weight is 298 g/mol. The molecule has 0 aliphatic carbocycles. The number of rotatable bonds is 4. The maximum absolute atomic E-state index is 13.1. The Bertz CT molecular complexity index is 843. The van der Waals surface area contributed by atoms with Crippen molar-refractivity contribution in [3.8, 4) is 5.75 Å². The van der Waals surface area contributed by atoms with Crippen LogP contribution in [0.4, 0.5) is 8.78 Å². The van der Waals surface area contributed by atoms with Crippen LogP contribution in [-0.2, 0) is 0 Å². The molecule has 0 saturated heterocycles. The van der Waals surface area contributed by atoms with Crippen molar-refractivity contribution in [2.75, 3.05) is 6.61 Å². The zero-order chi connectivity index (χ0) is 15.5. The molecule has 3 aromatic rings. The molecule has 3 aromatic carbocycles. The van der Waals surface area contributed by atoms with Crippen LogP contribution in [0.5, 0.6) is 5.75 Å². The molecular weight excluding hydrogens is 286 g/mol. The Labute approximate surface area is 126 Å². The quantitative estimate of drug-likeness (QED) is 0.668. The maximum Gasteiger partial charge on any atom is 0.200 e. The second-order valence-electron chi connectivity index (χ2n) is 4.85. The molecule has 0 radical (unpaired) electrons. The van der Waals surface area contributed by atoms with Crippen LogP contribution in [0, 0.1) is 11.6 Å². The highest BCUT2D eigenvalue weighted by atomic mass is 19.2. The predicted octanol–water partition coefficient (Wildman–Crippen LogP) is 4.38. The lowest BCUT2D eigenvalue weighted by atomic mass is 10.1. The smallest absolute Gasteiger partial charge is 0.200 e. The van der Waals surface area contributed by atoms with Gasteiger partial charge in [0.2, 0.25) is 0 Å². The Balaban J connectivity index is 1.72. The van der Waals surface area contributed by atoms with Crippen LogP contribution in [0.15, 0.2) is 60.7 Å². The standard InChI is InChI=1S/C18H12F2O2/c19-16-8-6-14(10-17(16)20)18(21)11-22-15-7-5-12-3-1-2-4-13(12)9-15/h1-10H,11H2. The van der Waals surface area contributed by atoms with Gasteiger partial charge in [-0.3, -0.25) is 4.79 Å². The zero-order valence-corrected chi connectivity index (χ0v) is 11.6. The van der Waals surface area contributed by atoms with E-state index in [0.29, 0.717) is 5.75 Å². The van der Waals surface area contributed by atoms with Crippen LogP contribution in [0.25, 0.3) is 10.8 Å². The first-order valence-corrected chi connectivity index (χ1v) is 6.73. The third-order valence-corrected chi connectivity index (χ3v) is 3.33. The van der Waals surface area contributed by atoms with E-state index in [4.69, 9.17) is 4.74 Å². The Hall–Kier alpha value is -2.75. The first kappa shape index (κ1) is 14.2. The van der Waals surface area contributed by atoms with Gasteiger partial charge in [0.25, 0.3) is 0 Å². The highest BCUT2D eigenvalue weighted by Gasteiger charge is 2.10. The number of fused-ring (bicyclic) bond motifs is 1. The number of benzene rings is 3. The van der Waals surface area contributed by atoms with Crippen molar-refractivity contribution in [2.24, 2.45) is 0 Å². The van der Waals surface area contributed by atoms with Crippen molar-refractivity contribution in [2.45, 2.75) is 0 Å². The number of ether oxygens (including phenoxy) is 1. The van der Waals surface area contributed by atoms with Gasteiger partial charge in [0.15, 0.2) is 24.0 Å². The summed E-state index contributed by atoms with van der Waals surface area (Å²) in [4.78, 5) is 11.9. The van der Waals surface area contributed by atoms with Crippen LogP contribution in [0.2, 0.25) is 0 Å². The summed E-state index contributed by atoms with van der Waals surface area (Å²) in [6.07, 6.45) is 0. The molecule has 0 fully saturated rings. The van der Waals surface area contributed by atoms with Crippen molar-refractivity contribution in [3.63, 3.8) is 0 Å². The van der Waals surface area contributed by atoms with Crippen LogP contribution in [0.1, 0.15) is 10.4 Å². The second-order valence-corrected chi connectivity index (χ2v) is 4.85. The second kappa shape index (κ2) is 5.93. The van der Waals surface area contributed by atoms with Crippen LogP contribution < -0.4 is 4.74 Å². The molecule has 22 heavy (non-hydrogen) atoms. The van der Waals surface area contributed by atoms with Crippen LogP contribution in [-0.4, -0.2) is 12.4 Å². The highest BCUT2D eigenvalue weighted by Crippen LogP contribution is 2.20. The van der Waals surface area contributed by atoms with Crippen molar-refractivity contribution < 1.29 is 18.3 Å². The molecule has 0 bridgehead atoms. The van der Waals surface area contributed by atoms with Crippen molar-refractivity contribution in [3.05, 3.63) is 77.9 Å². The molecule has 4 heteroatoms. The maximum atomic E-state index is 13.1. The van der Waals surface area contributed by atoms with E-state index in [0.717, 1.165) is 22.9 Å². The average Bonchev–Trinajstić information content (AvgIpc) is 2.55. The van der Waals surface area contributed by atoms with Gasteiger partial charge in [0, 0.05) is 5.56 Å². The minimum absolute atomic E-state index is 0.0830. The summed E-state index contributed by atoms with van der Waals surface area (Å²) in [6.45, 7) is -0.233. The normalized spacial score (nSPS) is 10.6. The van der Waals surface area contributed by atoms with Gasteiger partial charge in [0.1, 0.15) is 5.75 Å². The highest BCUT2D eigenvalue weighted by molar-refractivity contribution is 5.97. The molecule has 0 unspecified atom stereocenters. The largest absolute Gasteiger partial charge is 0.485 e. The Morgan fingerprint density at radius 2 is 1.64 bits per heavy atom. The monoisotopic (exact) mass is 298 g/mol. The summed E-state index contributed by atoms with van der Waals surface area (Å²) in [6, 6.07) is 16.3. The number of hydrogen-bond acceptors (Lipinski definition) is 2. The van der Waals surface area contributed by atoms with Gasteiger partial charge in [-0.05, 0) is 41.1 Å². The van der Waals surface area contributed by atoms with E-state index in [-0.39, 0.29) is 12.2 Å². The predicted molar refractivity (Wildman–Crippen MR) is 80.1 cm³/mol. The number of hydrogen-bond donors (Lipinski definition) is 0. The van der Waals surface area contributed by atoms with Gasteiger partial charge in [-0.25, -0.2) is 8.78 Å². The molecule has 0 heterocycles. The van der Waals surface area contributed by atoms with Crippen molar-refractivity contribution in [1.29, 1.82) is 0 Å². The topological polar surface area (TPSA) is 26.3 Å². The van der Waals surface area contributed by atoms with Gasteiger partial charge >= 0.3 is 0 Å². The van der Waals surface area contributed by atoms with E-state index in [9.17, 15) is 13.6 Å². The van der Waals surface area contributed by atoms with Gasteiger partial charge < -0.3 is 4.74 Å². The molecule has 0 amide bonds. The molecule has 0 aliphatic heterocycles. The molecule has 0 atom stereocenters. The van der Waals surface area contributed by atoms with Crippen molar-refractivity contribution in [1.82, 2.24) is 0 Å². The van der Waals surface area contributed by atoms with E-state index in [1.54, 1.807) is 6.07 Å². The number of carbonyl (C=O) groups excluding carboxylic acids is 1. The molecule has 0 saturated carbocycles. The number of carbonyl (C=O) groups is 1. The fourth-order valence-electron chi connectivity index (χ4n) is 2.16. The van der Waals surface area contributed by atoms with E-state index >= 15 is 0 Å². The van der Waals surface area contributed by atoms with Crippen LogP contribution >= 0.6 is 0 Å². The third kappa shape index (κ3) is 2.96. The van der Waals surface area contributed by atoms with E-state index < -0.39 is 17.4 Å². The zero-order valence-electron chi connectivity index (χ0n) is 11.6. The first-order chi connectivity index (χ1) is 10.6. The molecule has 0 spiro atoms. The van der Waals surface area contributed by atoms with Gasteiger partial charge in [-0.15, -0.1) is 0 Å². The van der Waals surface area contributed by atoms with E-state index in [1.165, 1.54) is 6.07 Å². The Kier molecular flexibility index (Phi) is 3.83. The molecule has 0 aromatic heterocycles. The summed E-state index contributed by atoms with van der Waals surface area (Å²) < 4.78 is 31.4. The fourth-order valence-corrected chi connectivity index (χ4v) is 2.16. The Morgan fingerprint density at radius 3 is 2.41 bits per heavy atom. The summed E-state index contributed by atoms with van der Waals surface area (Å²) in [7, 11) is 0. The minimum Gasteiger partial charge on any atom is -0.485 e. The molecule has 110 valence electrons. The summed E-state index contributed by atoms with van der Waals surface area (Å²) in [5.74, 6) is -1.88. The lowest BCUT2D eigenvalue weighted by Crippen LogP contribution is -2.12. The lowest BCUT2D eigenvalue weighted by Gasteiger charge is -2.07. The van der Waals surface area contributed by atoms with Crippen LogP contribution in [0.3, 0.4) is 0 Å². The Morgan fingerprint density at radius 1 is 0.864 bits per heavy atom. The summed E-state index contributed by atoms with van der Waals surface area (Å²) in [5.41, 5.74) is 0.0830. The number of halogens is 2. The summed E-state index contributed by atoms with van der Waals surface area (Å²) >= 11 is 0. The van der Waals surface area contributed by atoms with Gasteiger partial charge in [0.05, 0.1) is 0 Å². The molecule has 3 rings (SSSR count). The lowest BCUT2D eigenvalue weighted by molar-refractivity contribution is 0.0921. The SMILES string of the molecule is O=C(COc1ccc2ccccc2c1)c1ccc(F)c(F)c1. The van der Waals surface area contributed by atoms with Crippen molar-refractivity contribution >= 4 is 16.6 Å². The van der Waals surface area contributed by atoms with E-state index in [2.05, 4.69) is 0 Å². The molecule has 2 nitrogen and oxygen atoms in total. The van der Waals surface area contributed by atoms with E-state index in [1.807, 2.05) is 36.4 Å².